The topological polar surface area (TPSA) is 12.9 Å². The van der Waals surface area contributed by atoms with Crippen LogP contribution < -0.4 is 0 Å². The summed E-state index contributed by atoms with van der Waals surface area (Å²) in [6, 6.07) is 10.5. The number of benzene rings is 1. The van der Waals surface area contributed by atoms with Gasteiger partial charge in [0.05, 0.1) is 5.69 Å². The molecular formula is C12H13NS2. The minimum Gasteiger partial charge on any atom is -0.235 e. The van der Waals surface area contributed by atoms with Crippen molar-refractivity contribution in [1.82, 2.24) is 4.98 Å². The number of thiazole rings is 1. The smallest absolute Gasteiger partial charge is 0.150 e. The number of aryl methyl sites for hydroxylation is 1. The van der Waals surface area contributed by atoms with Crippen LogP contribution in [-0.4, -0.2) is 4.98 Å². The molecule has 0 saturated carbocycles. The van der Waals surface area contributed by atoms with Gasteiger partial charge in [-0.05, 0) is 12.0 Å². The fourth-order valence-corrected chi connectivity index (χ4v) is 3.12. The minimum absolute atomic E-state index is 1.01. The van der Waals surface area contributed by atoms with Crippen LogP contribution in [0.5, 0.6) is 0 Å². The summed E-state index contributed by atoms with van der Waals surface area (Å²) in [6.45, 7) is 2.14. The lowest BCUT2D eigenvalue weighted by Crippen LogP contribution is -1.80. The average molecular weight is 235 g/mol. The molecule has 0 aliphatic carbocycles. The van der Waals surface area contributed by atoms with Gasteiger partial charge in [0.2, 0.25) is 0 Å². The lowest BCUT2D eigenvalue weighted by atomic mass is 10.2. The molecule has 0 spiro atoms. The fourth-order valence-electron chi connectivity index (χ4n) is 1.24. The average Bonchev–Trinajstić information content (AvgIpc) is 2.76. The fraction of sp³-hybridized carbons (Fsp3) is 0.250. The normalized spacial score (nSPS) is 10.5. The molecule has 0 N–H and O–H groups in total. The molecule has 0 fully saturated rings. The molecule has 0 unspecified atom stereocenters. The van der Waals surface area contributed by atoms with Crippen LogP contribution in [0.1, 0.15) is 18.2 Å². The van der Waals surface area contributed by atoms with Crippen molar-refractivity contribution >= 4 is 23.1 Å². The molecule has 0 atom stereocenters. The van der Waals surface area contributed by atoms with E-state index < -0.39 is 0 Å². The second kappa shape index (κ2) is 5.33. The van der Waals surface area contributed by atoms with E-state index in [2.05, 4.69) is 41.6 Å². The Morgan fingerprint density at radius 2 is 2.07 bits per heavy atom. The van der Waals surface area contributed by atoms with Crippen molar-refractivity contribution in [3.63, 3.8) is 0 Å². The molecule has 78 valence electrons. The summed E-state index contributed by atoms with van der Waals surface area (Å²) in [4.78, 5) is 4.53. The zero-order chi connectivity index (χ0) is 10.5. The van der Waals surface area contributed by atoms with Crippen molar-refractivity contribution in [2.45, 2.75) is 23.4 Å². The summed E-state index contributed by atoms with van der Waals surface area (Å²) in [5, 5.41) is 2.15. The SMILES string of the molecule is CCc1csc(SCc2ccccc2)n1. The Balaban J connectivity index is 1.93. The van der Waals surface area contributed by atoms with Crippen LogP contribution in [0.15, 0.2) is 40.1 Å². The molecule has 2 rings (SSSR count). The highest BCUT2D eigenvalue weighted by Gasteiger charge is 2.01. The number of thioether (sulfide) groups is 1. The maximum atomic E-state index is 4.53. The van der Waals surface area contributed by atoms with E-state index in [9.17, 15) is 0 Å². The van der Waals surface area contributed by atoms with E-state index in [1.807, 2.05) is 17.8 Å². The standard InChI is InChI=1S/C12H13NS2/c1-2-11-9-15-12(13-11)14-8-10-6-4-3-5-7-10/h3-7,9H,2,8H2,1H3. The van der Waals surface area contributed by atoms with Gasteiger partial charge in [0, 0.05) is 11.1 Å². The minimum atomic E-state index is 1.01. The summed E-state index contributed by atoms with van der Waals surface area (Å²) in [5.41, 5.74) is 2.56. The van der Waals surface area contributed by atoms with Gasteiger partial charge in [-0.25, -0.2) is 4.98 Å². The molecule has 1 aromatic carbocycles. The second-order valence-electron chi connectivity index (χ2n) is 3.23. The maximum absolute atomic E-state index is 4.53. The highest BCUT2D eigenvalue weighted by Crippen LogP contribution is 2.26. The molecule has 3 heteroatoms. The number of rotatable bonds is 4. The van der Waals surface area contributed by atoms with E-state index >= 15 is 0 Å². The molecule has 0 radical (unpaired) electrons. The highest BCUT2D eigenvalue weighted by atomic mass is 32.2. The van der Waals surface area contributed by atoms with E-state index in [0.717, 1.165) is 12.2 Å². The van der Waals surface area contributed by atoms with Crippen molar-refractivity contribution in [2.24, 2.45) is 0 Å². The Morgan fingerprint density at radius 1 is 1.27 bits per heavy atom. The van der Waals surface area contributed by atoms with E-state index in [1.54, 1.807) is 11.3 Å². The molecular weight excluding hydrogens is 222 g/mol. The maximum Gasteiger partial charge on any atom is 0.150 e. The van der Waals surface area contributed by atoms with E-state index in [-0.39, 0.29) is 0 Å². The Morgan fingerprint density at radius 3 is 2.73 bits per heavy atom. The predicted molar refractivity (Wildman–Crippen MR) is 67.5 cm³/mol. The first-order chi connectivity index (χ1) is 7.38. The largest absolute Gasteiger partial charge is 0.235 e. The van der Waals surface area contributed by atoms with Crippen molar-refractivity contribution in [3.8, 4) is 0 Å². The summed E-state index contributed by atoms with van der Waals surface area (Å²) < 4.78 is 1.18. The van der Waals surface area contributed by atoms with Gasteiger partial charge in [-0.1, -0.05) is 49.0 Å². The van der Waals surface area contributed by atoms with E-state index in [1.165, 1.54) is 15.6 Å². The molecule has 0 bridgehead atoms. The summed E-state index contributed by atoms with van der Waals surface area (Å²) in [7, 11) is 0. The zero-order valence-electron chi connectivity index (χ0n) is 8.64. The van der Waals surface area contributed by atoms with E-state index in [0.29, 0.717) is 0 Å². The van der Waals surface area contributed by atoms with Gasteiger partial charge in [-0.3, -0.25) is 0 Å². The van der Waals surface area contributed by atoms with Gasteiger partial charge in [0.25, 0.3) is 0 Å². The van der Waals surface area contributed by atoms with Crippen molar-refractivity contribution in [3.05, 3.63) is 47.0 Å². The quantitative estimate of drug-likeness (QED) is 0.743. The first-order valence-corrected chi connectivity index (χ1v) is 6.86. The second-order valence-corrected chi connectivity index (χ2v) is 5.31. The van der Waals surface area contributed by atoms with Crippen LogP contribution in [0, 0.1) is 0 Å². The molecule has 0 aliphatic heterocycles. The van der Waals surface area contributed by atoms with Gasteiger partial charge >= 0.3 is 0 Å². The van der Waals surface area contributed by atoms with Crippen LogP contribution in [0.2, 0.25) is 0 Å². The highest BCUT2D eigenvalue weighted by molar-refractivity contribution is 8.00. The molecule has 2 aromatic rings. The number of aromatic nitrogens is 1. The first-order valence-electron chi connectivity index (χ1n) is 4.99. The Hall–Kier alpha value is -0.800. The molecule has 15 heavy (non-hydrogen) atoms. The third kappa shape index (κ3) is 3.08. The lowest BCUT2D eigenvalue weighted by Gasteiger charge is -1.97. The third-order valence-corrected chi connectivity index (χ3v) is 4.24. The molecule has 1 nitrogen and oxygen atoms in total. The van der Waals surface area contributed by atoms with Crippen LogP contribution in [0.25, 0.3) is 0 Å². The number of hydrogen-bond acceptors (Lipinski definition) is 3. The monoisotopic (exact) mass is 235 g/mol. The van der Waals surface area contributed by atoms with Gasteiger partial charge < -0.3 is 0 Å². The van der Waals surface area contributed by atoms with Crippen LogP contribution in [0.3, 0.4) is 0 Å². The van der Waals surface area contributed by atoms with Crippen molar-refractivity contribution in [2.75, 3.05) is 0 Å². The van der Waals surface area contributed by atoms with Crippen molar-refractivity contribution in [1.29, 1.82) is 0 Å². The predicted octanol–water partition coefficient (Wildman–Crippen LogP) is 4.00. The summed E-state index contributed by atoms with van der Waals surface area (Å²) in [6.07, 6.45) is 1.03. The van der Waals surface area contributed by atoms with Gasteiger partial charge in [0.15, 0.2) is 0 Å². The first kappa shape index (κ1) is 10.7. The summed E-state index contributed by atoms with van der Waals surface area (Å²) in [5.74, 6) is 1.01. The van der Waals surface area contributed by atoms with Gasteiger partial charge in [-0.15, -0.1) is 11.3 Å². The third-order valence-electron chi connectivity index (χ3n) is 2.10. The van der Waals surface area contributed by atoms with Crippen LogP contribution >= 0.6 is 23.1 Å². The van der Waals surface area contributed by atoms with Crippen LogP contribution in [0.4, 0.5) is 0 Å². The molecule has 0 saturated heterocycles. The Bertz CT molecular complexity index is 409. The number of hydrogen-bond donors (Lipinski definition) is 0. The number of nitrogens with zero attached hydrogens (tertiary/aromatic N) is 1. The lowest BCUT2D eigenvalue weighted by molar-refractivity contribution is 1.02. The molecule has 0 aliphatic rings. The van der Waals surface area contributed by atoms with E-state index in [4.69, 9.17) is 0 Å². The Kier molecular flexibility index (Phi) is 3.80. The summed E-state index contributed by atoms with van der Waals surface area (Å²) >= 11 is 3.56. The molecule has 0 amide bonds. The Labute approximate surface area is 98.6 Å². The van der Waals surface area contributed by atoms with Gasteiger partial charge in [0.1, 0.15) is 4.34 Å². The zero-order valence-corrected chi connectivity index (χ0v) is 10.3. The molecule has 1 aromatic heterocycles. The van der Waals surface area contributed by atoms with Crippen molar-refractivity contribution < 1.29 is 0 Å². The van der Waals surface area contributed by atoms with Gasteiger partial charge in [-0.2, -0.15) is 0 Å². The van der Waals surface area contributed by atoms with Crippen LogP contribution in [-0.2, 0) is 12.2 Å². The molecule has 1 heterocycles.